The first-order chi connectivity index (χ1) is 14.8. The van der Waals surface area contributed by atoms with E-state index in [1.807, 2.05) is 18.2 Å². The Kier molecular flexibility index (Phi) is 4.82. The third kappa shape index (κ3) is 3.49. The van der Waals surface area contributed by atoms with E-state index in [4.69, 9.17) is 7.85 Å². The number of fused-ring (bicyclic) bond motifs is 1. The van der Waals surface area contributed by atoms with E-state index in [1.54, 1.807) is 0 Å². The minimum absolute atomic E-state index is 0.760. The quantitative estimate of drug-likeness (QED) is 0.311. The highest BCUT2D eigenvalue weighted by Gasteiger charge is 2.15. The molecule has 0 atom stereocenters. The smallest absolute Gasteiger partial charge is 0.113 e. The molecule has 0 aliphatic rings. The molecule has 140 valence electrons. The van der Waals surface area contributed by atoms with Crippen molar-refractivity contribution in [1.82, 2.24) is 0 Å². The van der Waals surface area contributed by atoms with Gasteiger partial charge in [0.2, 0.25) is 0 Å². The lowest BCUT2D eigenvalue weighted by Crippen LogP contribution is -2.12. The van der Waals surface area contributed by atoms with Crippen LogP contribution in [0, 0.1) is 0 Å². The van der Waals surface area contributed by atoms with Gasteiger partial charge in [-0.2, -0.15) is 0 Å². The highest BCUT2D eigenvalue weighted by molar-refractivity contribution is 6.32. The van der Waals surface area contributed by atoms with Crippen LogP contribution in [0.1, 0.15) is 0 Å². The largest absolute Gasteiger partial charge is 0.310 e. The first-order valence-electron chi connectivity index (χ1n) is 10.1. The van der Waals surface area contributed by atoms with E-state index < -0.39 is 0 Å². The fraction of sp³-hybridized carbons (Fsp3) is 0. The minimum atomic E-state index is 0.760. The molecule has 0 bridgehead atoms. The van der Waals surface area contributed by atoms with Crippen LogP contribution in [0.25, 0.3) is 21.9 Å². The van der Waals surface area contributed by atoms with Gasteiger partial charge in [0.1, 0.15) is 7.85 Å². The fourth-order valence-electron chi connectivity index (χ4n) is 3.89. The second kappa shape index (κ2) is 7.92. The zero-order chi connectivity index (χ0) is 20.3. The van der Waals surface area contributed by atoms with Crippen LogP contribution in [-0.2, 0) is 0 Å². The van der Waals surface area contributed by atoms with Crippen LogP contribution in [0.2, 0.25) is 0 Å². The Morgan fingerprint density at radius 3 is 1.77 bits per heavy atom. The zero-order valence-electron chi connectivity index (χ0n) is 16.6. The van der Waals surface area contributed by atoms with Gasteiger partial charge in [-0.3, -0.25) is 0 Å². The third-order valence-corrected chi connectivity index (χ3v) is 5.39. The van der Waals surface area contributed by atoms with Crippen molar-refractivity contribution in [1.29, 1.82) is 0 Å². The van der Waals surface area contributed by atoms with E-state index in [2.05, 4.69) is 108 Å². The van der Waals surface area contributed by atoms with E-state index >= 15 is 0 Å². The summed E-state index contributed by atoms with van der Waals surface area (Å²) in [5.41, 5.74) is 6.51. The molecule has 2 heteroatoms. The predicted molar refractivity (Wildman–Crippen MR) is 129 cm³/mol. The van der Waals surface area contributed by atoms with Crippen LogP contribution in [0.5, 0.6) is 0 Å². The first kappa shape index (κ1) is 18.3. The van der Waals surface area contributed by atoms with Gasteiger partial charge < -0.3 is 4.90 Å². The first-order valence-corrected chi connectivity index (χ1v) is 10.1. The van der Waals surface area contributed by atoms with Gasteiger partial charge in [-0.15, -0.1) is 0 Å². The Morgan fingerprint density at radius 1 is 0.467 bits per heavy atom. The summed E-state index contributed by atoms with van der Waals surface area (Å²) in [7, 11) is 5.96. The van der Waals surface area contributed by atoms with Crippen molar-refractivity contribution in [2.75, 3.05) is 4.90 Å². The molecule has 0 unspecified atom stereocenters. The maximum absolute atomic E-state index is 5.96. The lowest BCUT2D eigenvalue weighted by molar-refractivity contribution is 1.30. The maximum Gasteiger partial charge on any atom is 0.113 e. The summed E-state index contributed by atoms with van der Waals surface area (Å²) in [4.78, 5) is 2.29. The highest BCUT2D eigenvalue weighted by atomic mass is 15.1. The third-order valence-electron chi connectivity index (χ3n) is 5.39. The van der Waals surface area contributed by atoms with Crippen LogP contribution in [0.4, 0.5) is 17.1 Å². The molecule has 0 amide bonds. The SMILES string of the molecule is [B]c1ccc(N(c2ccc(-c3ccccc3)cc2)c2cccc3ccccc23)cc1. The predicted octanol–water partition coefficient (Wildman–Crippen LogP) is 6.77. The monoisotopic (exact) mass is 381 g/mol. The molecule has 2 radical (unpaired) electrons. The highest BCUT2D eigenvalue weighted by Crippen LogP contribution is 2.39. The fourth-order valence-corrected chi connectivity index (χ4v) is 3.89. The molecule has 5 aromatic rings. The molecule has 0 saturated carbocycles. The van der Waals surface area contributed by atoms with Gasteiger partial charge in [0.05, 0.1) is 5.69 Å². The molecule has 1 nitrogen and oxygen atoms in total. The van der Waals surface area contributed by atoms with Gasteiger partial charge in [-0.1, -0.05) is 96.5 Å². The summed E-state index contributed by atoms with van der Waals surface area (Å²) in [6, 6.07) is 42.1. The summed E-state index contributed by atoms with van der Waals surface area (Å²) in [6.07, 6.45) is 0. The summed E-state index contributed by atoms with van der Waals surface area (Å²) in [5.74, 6) is 0. The standard InChI is InChI=1S/C28H20BN/c29-24-15-19-26(20-16-24)30(28-12-6-10-23-9-4-5-11-27(23)28)25-17-13-22(14-18-25)21-7-2-1-3-8-21/h1-20H. The minimum Gasteiger partial charge on any atom is -0.310 e. The summed E-state index contributed by atoms with van der Waals surface area (Å²) in [6.45, 7) is 0. The molecular formula is C28H20BN. The van der Waals surface area contributed by atoms with Crippen molar-refractivity contribution < 1.29 is 0 Å². The lowest BCUT2D eigenvalue weighted by Gasteiger charge is -2.27. The normalized spacial score (nSPS) is 10.8. The molecule has 0 spiro atoms. The van der Waals surface area contributed by atoms with E-state index in [-0.39, 0.29) is 0 Å². The van der Waals surface area contributed by atoms with Crippen LogP contribution in [0.15, 0.2) is 121 Å². The number of anilines is 3. The zero-order valence-corrected chi connectivity index (χ0v) is 16.6. The second-order valence-corrected chi connectivity index (χ2v) is 7.34. The van der Waals surface area contributed by atoms with Crippen LogP contribution in [-0.4, -0.2) is 7.85 Å². The number of rotatable bonds is 4. The van der Waals surface area contributed by atoms with Gasteiger partial charge in [0.25, 0.3) is 0 Å². The number of benzene rings is 5. The van der Waals surface area contributed by atoms with Crippen molar-refractivity contribution in [3.63, 3.8) is 0 Å². The van der Waals surface area contributed by atoms with Gasteiger partial charge in [0.15, 0.2) is 0 Å². The Bertz CT molecular complexity index is 1270. The van der Waals surface area contributed by atoms with Crippen molar-refractivity contribution >= 4 is 41.1 Å². The van der Waals surface area contributed by atoms with Gasteiger partial charge in [-0.05, 0) is 46.8 Å². The van der Waals surface area contributed by atoms with Crippen LogP contribution < -0.4 is 10.4 Å². The second-order valence-electron chi connectivity index (χ2n) is 7.34. The Balaban J connectivity index is 1.66. The summed E-state index contributed by atoms with van der Waals surface area (Å²) < 4.78 is 0. The molecule has 0 N–H and O–H groups in total. The molecule has 5 rings (SSSR count). The lowest BCUT2D eigenvalue weighted by atomic mass is 9.96. The van der Waals surface area contributed by atoms with Gasteiger partial charge >= 0.3 is 0 Å². The molecule has 0 aliphatic carbocycles. The number of nitrogens with zero attached hydrogens (tertiary/aromatic N) is 1. The maximum atomic E-state index is 5.96. The molecule has 0 aromatic heterocycles. The molecule has 0 aliphatic heterocycles. The van der Waals surface area contributed by atoms with Gasteiger partial charge in [0, 0.05) is 16.8 Å². The Morgan fingerprint density at radius 2 is 1.03 bits per heavy atom. The average molecular weight is 381 g/mol. The molecular weight excluding hydrogens is 361 g/mol. The van der Waals surface area contributed by atoms with Crippen molar-refractivity contribution in [3.8, 4) is 11.1 Å². The average Bonchev–Trinajstić information content (AvgIpc) is 2.82. The van der Waals surface area contributed by atoms with E-state index in [0.29, 0.717) is 0 Å². The number of hydrogen-bond donors (Lipinski definition) is 0. The molecule has 5 aromatic carbocycles. The van der Waals surface area contributed by atoms with Crippen LogP contribution in [0.3, 0.4) is 0 Å². The van der Waals surface area contributed by atoms with Crippen LogP contribution >= 0.6 is 0 Å². The van der Waals surface area contributed by atoms with E-state index in [1.165, 1.54) is 21.9 Å². The van der Waals surface area contributed by atoms with Crippen molar-refractivity contribution in [3.05, 3.63) is 121 Å². The van der Waals surface area contributed by atoms with E-state index in [9.17, 15) is 0 Å². The Hall–Kier alpha value is -3.78. The van der Waals surface area contributed by atoms with Crippen molar-refractivity contribution in [2.45, 2.75) is 0 Å². The van der Waals surface area contributed by atoms with Gasteiger partial charge in [-0.25, -0.2) is 0 Å². The molecule has 0 fully saturated rings. The molecule has 0 saturated heterocycles. The number of hydrogen-bond acceptors (Lipinski definition) is 1. The summed E-state index contributed by atoms with van der Waals surface area (Å²) in [5, 5.41) is 2.43. The molecule has 0 heterocycles. The Labute approximate surface area is 178 Å². The molecule has 30 heavy (non-hydrogen) atoms. The summed E-state index contributed by atoms with van der Waals surface area (Å²) >= 11 is 0. The van der Waals surface area contributed by atoms with Crippen molar-refractivity contribution in [2.24, 2.45) is 0 Å². The topological polar surface area (TPSA) is 3.24 Å². The van der Waals surface area contributed by atoms with E-state index in [0.717, 1.165) is 22.5 Å².